The molecular formula is C29H33N7O2. The van der Waals surface area contributed by atoms with Crippen molar-refractivity contribution in [1.29, 1.82) is 0 Å². The molecule has 1 saturated heterocycles. The minimum Gasteiger partial charge on any atom is -0.368 e. The van der Waals surface area contributed by atoms with E-state index in [2.05, 4.69) is 44.8 Å². The van der Waals surface area contributed by atoms with Gasteiger partial charge in [-0.15, -0.1) is 0 Å². The minimum atomic E-state index is -0.0866. The molecule has 2 aromatic heterocycles. The zero-order chi connectivity index (χ0) is 26.5. The van der Waals surface area contributed by atoms with Crippen molar-refractivity contribution in [1.82, 2.24) is 30.1 Å². The van der Waals surface area contributed by atoms with Crippen molar-refractivity contribution in [2.75, 3.05) is 38.5 Å². The molecule has 196 valence electrons. The molecule has 0 saturated carbocycles. The molecule has 4 aromatic rings. The SMILES string of the molecule is CC(=O)NCCNc1nc(-c2ccccc2)nc2[nH]c(C(=O)N(C)C3CCN(Cc4ccccc4)C3)cc12. The lowest BCUT2D eigenvalue weighted by atomic mass is 10.2. The van der Waals surface area contributed by atoms with Gasteiger partial charge in [-0.25, -0.2) is 9.97 Å². The average molecular weight is 512 g/mol. The molecule has 1 atom stereocenters. The summed E-state index contributed by atoms with van der Waals surface area (Å²) in [5, 5.41) is 6.82. The molecule has 9 heteroatoms. The van der Waals surface area contributed by atoms with E-state index < -0.39 is 0 Å². The molecule has 2 amide bonds. The topological polar surface area (TPSA) is 106 Å². The highest BCUT2D eigenvalue weighted by Gasteiger charge is 2.30. The molecule has 0 spiro atoms. The Morgan fingerprint density at radius 1 is 1.05 bits per heavy atom. The van der Waals surface area contributed by atoms with Crippen LogP contribution in [-0.4, -0.2) is 75.8 Å². The number of anilines is 1. The number of benzene rings is 2. The van der Waals surface area contributed by atoms with Crippen molar-refractivity contribution in [2.24, 2.45) is 0 Å². The Hall–Kier alpha value is -4.24. The van der Waals surface area contributed by atoms with Gasteiger partial charge in [-0.2, -0.15) is 0 Å². The summed E-state index contributed by atoms with van der Waals surface area (Å²) in [6.45, 7) is 5.12. The minimum absolute atomic E-state index is 0.0694. The van der Waals surface area contributed by atoms with Gasteiger partial charge in [0.1, 0.15) is 17.2 Å². The van der Waals surface area contributed by atoms with Crippen molar-refractivity contribution in [2.45, 2.75) is 25.9 Å². The zero-order valence-electron chi connectivity index (χ0n) is 21.8. The second-order valence-corrected chi connectivity index (χ2v) is 9.70. The van der Waals surface area contributed by atoms with Crippen LogP contribution in [0.15, 0.2) is 66.7 Å². The Balaban J connectivity index is 1.35. The normalized spacial score (nSPS) is 15.5. The summed E-state index contributed by atoms with van der Waals surface area (Å²) < 4.78 is 0. The van der Waals surface area contributed by atoms with Crippen LogP contribution in [0.4, 0.5) is 5.82 Å². The Morgan fingerprint density at radius 2 is 1.79 bits per heavy atom. The zero-order valence-corrected chi connectivity index (χ0v) is 21.8. The van der Waals surface area contributed by atoms with Gasteiger partial charge in [0.15, 0.2) is 5.82 Å². The van der Waals surface area contributed by atoms with Crippen LogP contribution < -0.4 is 10.6 Å². The van der Waals surface area contributed by atoms with E-state index in [1.165, 1.54) is 12.5 Å². The molecule has 0 radical (unpaired) electrons. The largest absolute Gasteiger partial charge is 0.368 e. The number of carbonyl (C=O) groups excluding carboxylic acids is 2. The number of nitrogens with one attached hydrogen (secondary N) is 3. The Morgan fingerprint density at radius 3 is 2.53 bits per heavy atom. The molecule has 3 heterocycles. The van der Waals surface area contributed by atoms with E-state index >= 15 is 0 Å². The van der Waals surface area contributed by atoms with Crippen LogP contribution in [0.25, 0.3) is 22.4 Å². The number of hydrogen-bond acceptors (Lipinski definition) is 6. The number of aromatic nitrogens is 3. The number of H-pyrrole nitrogens is 1. The summed E-state index contributed by atoms with van der Waals surface area (Å²) in [4.78, 5) is 41.7. The number of hydrogen-bond donors (Lipinski definition) is 3. The van der Waals surface area contributed by atoms with Crippen LogP contribution >= 0.6 is 0 Å². The molecule has 1 aliphatic heterocycles. The van der Waals surface area contributed by atoms with Gasteiger partial charge < -0.3 is 20.5 Å². The van der Waals surface area contributed by atoms with E-state index in [9.17, 15) is 9.59 Å². The standard InChI is InChI=1S/C29H33N7O2/c1-20(37)30-14-15-31-27-24-17-25(32-28(24)34-26(33-27)22-11-7-4-8-12-22)29(38)35(2)23-13-16-36(19-23)18-21-9-5-3-6-10-21/h3-12,17,23H,13-16,18-19H2,1-2H3,(H,30,37)(H2,31,32,33,34). The van der Waals surface area contributed by atoms with Gasteiger partial charge in [-0.3, -0.25) is 14.5 Å². The molecule has 5 rings (SSSR count). The molecule has 9 nitrogen and oxygen atoms in total. The van der Waals surface area contributed by atoms with E-state index in [4.69, 9.17) is 9.97 Å². The number of carbonyl (C=O) groups is 2. The van der Waals surface area contributed by atoms with Gasteiger partial charge in [-0.1, -0.05) is 60.7 Å². The van der Waals surface area contributed by atoms with Crippen molar-refractivity contribution in [3.8, 4) is 11.4 Å². The van der Waals surface area contributed by atoms with E-state index in [-0.39, 0.29) is 17.9 Å². The number of likely N-dealkylation sites (N-methyl/N-ethyl adjacent to an activating group) is 1. The fraction of sp³-hybridized carbons (Fsp3) is 0.310. The third-order valence-corrected chi connectivity index (χ3v) is 6.91. The number of nitrogens with zero attached hydrogens (tertiary/aromatic N) is 4. The predicted octanol–water partition coefficient (Wildman–Crippen LogP) is 3.52. The highest BCUT2D eigenvalue weighted by atomic mass is 16.2. The first-order valence-electron chi connectivity index (χ1n) is 13.0. The highest BCUT2D eigenvalue weighted by Crippen LogP contribution is 2.27. The van der Waals surface area contributed by atoms with E-state index in [0.29, 0.717) is 36.1 Å². The van der Waals surface area contributed by atoms with Crippen LogP contribution in [0.1, 0.15) is 29.4 Å². The average Bonchev–Trinajstić information content (AvgIpc) is 3.58. The fourth-order valence-electron chi connectivity index (χ4n) is 4.86. The number of rotatable bonds is 9. The Bertz CT molecular complexity index is 1400. The number of fused-ring (bicyclic) bond motifs is 1. The monoisotopic (exact) mass is 511 g/mol. The van der Waals surface area contributed by atoms with Gasteiger partial charge in [0.25, 0.3) is 5.91 Å². The summed E-state index contributed by atoms with van der Waals surface area (Å²) in [6, 6.07) is 22.1. The van der Waals surface area contributed by atoms with Crippen molar-refractivity contribution in [3.63, 3.8) is 0 Å². The maximum absolute atomic E-state index is 13.5. The van der Waals surface area contributed by atoms with Gasteiger partial charge in [0, 0.05) is 58.3 Å². The first-order valence-corrected chi connectivity index (χ1v) is 13.0. The summed E-state index contributed by atoms with van der Waals surface area (Å²) in [6.07, 6.45) is 0.934. The summed E-state index contributed by atoms with van der Waals surface area (Å²) in [5.74, 6) is 1.02. The summed E-state index contributed by atoms with van der Waals surface area (Å²) in [5.41, 5.74) is 3.23. The lowest BCUT2D eigenvalue weighted by Crippen LogP contribution is -2.39. The van der Waals surface area contributed by atoms with Crippen LogP contribution in [-0.2, 0) is 11.3 Å². The second kappa shape index (κ2) is 11.4. The molecule has 38 heavy (non-hydrogen) atoms. The highest BCUT2D eigenvalue weighted by molar-refractivity contribution is 6.00. The summed E-state index contributed by atoms with van der Waals surface area (Å²) in [7, 11) is 1.87. The van der Waals surface area contributed by atoms with Gasteiger partial charge in [-0.05, 0) is 18.1 Å². The van der Waals surface area contributed by atoms with Crippen LogP contribution in [0.5, 0.6) is 0 Å². The molecule has 1 aliphatic rings. The van der Waals surface area contributed by atoms with E-state index in [1.807, 2.05) is 54.4 Å². The van der Waals surface area contributed by atoms with Gasteiger partial charge in [0.2, 0.25) is 5.91 Å². The maximum atomic E-state index is 13.5. The number of amides is 2. The maximum Gasteiger partial charge on any atom is 0.270 e. The van der Waals surface area contributed by atoms with Crippen LogP contribution in [0, 0.1) is 0 Å². The van der Waals surface area contributed by atoms with E-state index in [0.717, 1.165) is 37.0 Å². The van der Waals surface area contributed by atoms with E-state index in [1.54, 1.807) is 0 Å². The molecular weight excluding hydrogens is 478 g/mol. The number of likely N-dealkylation sites (tertiary alicyclic amines) is 1. The smallest absolute Gasteiger partial charge is 0.270 e. The van der Waals surface area contributed by atoms with Crippen molar-refractivity contribution >= 4 is 28.7 Å². The van der Waals surface area contributed by atoms with Gasteiger partial charge >= 0.3 is 0 Å². The Kier molecular flexibility index (Phi) is 7.65. The molecule has 2 aromatic carbocycles. The van der Waals surface area contributed by atoms with Crippen LogP contribution in [0.2, 0.25) is 0 Å². The van der Waals surface area contributed by atoms with Crippen LogP contribution in [0.3, 0.4) is 0 Å². The second-order valence-electron chi connectivity index (χ2n) is 9.70. The lowest BCUT2D eigenvalue weighted by molar-refractivity contribution is -0.118. The third-order valence-electron chi connectivity index (χ3n) is 6.91. The van der Waals surface area contributed by atoms with Crippen molar-refractivity contribution in [3.05, 3.63) is 78.0 Å². The van der Waals surface area contributed by atoms with Gasteiger partial charge in [0.05, 0.1) is 5.39 Å². The quantitative estimate of drug-likeness (QED) is 0.297. The van der Waals surface area contributed by atoms with Crippen molar-refractivity contribution < 1.29 is 9.59 Å². The third kappa shape index (κ3) is 5.84. The predicted molar refractivity (Wildman–Crippen MR) is 149 cm³/mol. The Labute approximate surface area is 222 Å². The first kappa shape index (κ1) is 25.4. The molecule has 0 bridgehead atoms. The molecule has 3 N–H and O–H groups in total. The molecule has 1 unspecified atom stereocenters. The molecule has 1 fully saturated rings. The fourth-order valence-corrected chi connectivity index (χ4v) is 4.86. The number of aromatic amines is 1. The first-order chi connectivity index (χ1) is 18.5. The summed E-state index contributed by atoms with van der Waals surface area (Å²) >= 11 is 0. The molecule has 0 aliphatic carbocycles. The lowest BCUT2D eigenvalue weighted by Gasteiger charge is -2.24.